The van der Waals surface area contributed by atoms with Gasteiger partial charge in [-0.15, -0.1) is 11.3 Å². The molecule has 0 saturated carbocycles. The average Bonchev–Trinajstić information content (AvgIpc) is 3.31. The SMILES string of the molecule is CC(=O)N[C@@H](C)C(=O)N1C[C@H](O)C[C@H]1C(=O)NCc1ccc(-c2scnc2C)cc1. The molecule has 1 aromatic carbocycles. The van der Waals surface area contributed by atoms with Crippen molar-refractivity contribution in [3.63, 3.8) is 0 Å². The summed E-state index contributed by atoms with van der Waals surface area (Å²) in [6, 6.07) is 6.35. The van der Waals surface area contributed by atoms with Crippen molar-refractivity contribution in [2.75, 3.05) is 6.54 Å². The number of aliphatic hydroxyl groups is 1. The Labute approximate surface area is 179 Å². The van der Waals surface area contributed by atoms with E-state index in [0.29, 0.717) is 6.54 Å². The van der Waals surface area contributed by atoms with Crippen molar-refractivity contribution in [3.05, 3.63) is 41.0 Å². The molecule has 9 heteroatoms. The van der Waals surface area contributed by atoms with Gasteiger partial charge in [-0.25, -0.2) is 4.98 Å². The minimum atomic E-state index is -0.767. The number of carbonyl (C=O) groups excluding carboxylic acids is 3. The van der Waals surface area contributed by atoms with Gasteiger partial charge in [-0.05, 0) is 25.0 Å². The second kappa shape index (κ2) is 9.36. The van der Waals surface area contributed by atoms with Gasteiger partial charge in [0.25, 0.3) is 0 Å². The second-order valence-electron chi connectivity index (χ2n) is 7.50. The lowest BCUT2D eigenvalue weighted by atomic mass is 10.1. The highest BCUT2D eigenvalue weighted by molar-refractivity contribution is 7.13. The molecule has 0 bridgehead atoms. The van der Waals surface area contributed by atoms with E-state index >= 15 is 0 Å². The predicted molar refractivity (Wildman–Crippen MR) is 114 cm³/mol. The molecule has 3 rings (SSSR count). The van der Waals surface area contributed by atoms with E-state index in [1.54, 1.807) is 18.3 Å². The largest absolute Gasteiger partial charge is 0.391 e. The van der Waals surface area contributed by atoms with Crippen LogP contribution in [0.25, 0.3) is 10.4 Å². The van der Waals surface area contributed by atoms with Crippen LogP contribution < -0.4 is 10.6 Å². The summed E-state index contributed by atoms with van der Waals surface area (Å²) in [5.41, 5.74) is 4.80. The number of carbonyl (C=O) groups is 3. The number of nitrogens with one attached hydrogen (secondary N) is 2. The number of amides is 3. The van der Waals surface area contributed by atoms with E-state index in [2.05, 4.69) is 15.6 Å². The third-order valence-electron chi connectivity index (χ3n) is 5.08. The van der Waals surface area contributed by atoms with Crippen LogP contribution in [0.1, 0.15) is 31.5 Å². The lowest BCUT2D eigenvalue weighted by Crippen LogP contribution is -2.52. The van der Waals surface area contributed by atoms with Crippen molar-refractivity contribution < 1.29 is 19.5 Å². The van der Waals surface area contributed by atoms with Crippen LogP contribution in [0.2, 0.25) is 0 Å². The Bertz CT molecular complexity index is 927. The third kappa shape index (κ3) is 5.03. The number of aliphatic hydroxyl groups excluding tert-OH is 1. The molecule has 3 atom stereocenters. The van der Waals surface area contributed by atoms with Gasteiger partial charge in [-0.2, -0.15) is 0 Å². The molecule has 0 unspecified atom stereocenters. The quantitative estimate of drug-likeness (QED) is 0.638. The first kappa shape index (κ1) is 21.9. The zero-order chi connectivity index (χ0) is 21.8. The minimum Gasteiger partial charge on any atom is -0.391 e. The highest BCUT2D eigenvalue weighted by Crippen LogP contribution is 2.27. The van der Waals surface area contributed by atoms with E-state index < -0.39 is 18.2 Å². The molecule has 30 heavy (non-hydrogen) atoms. The van der Waals surface area contributed by atoms with Crippen LogP contribution in [0.5, 0.6) is 0 Å². The molecule has 160 valence electrons. The van der Waals surface area contributed by atoms with Crippen LogP contribution in [-0.2, 0) is 20.9 Å². The molecule has 2 aromatic rings. The molecule has 1 aromatic heterocycles. The Hall–Kier alpha value is -2.78. The lowest BCUT2D eigenvalue weighted by molar-refractivity contribution is -0.141. The number of hydrogen-bond donors (Lipinski definition) is 3. The van der Waals surface area contributed by atoms with E-state index in [4.69, 9.17) is 0 Å². The molecule has 1 aliphatic heterocycles. The summed E-state index contributed by atoms with van der Waals surface area (Å²) in [5, 5.41) is 15.4. The molecule has 1 fully saturated rings. The number of nitrogens with zero attached hydrogens (tertiary/aromatic N) is 2. The zero-order valence-corrected chi connectivity index (χ0v) is 18.0. The summed E-state index contributed by atoms with van der Waals surface area (Å²) in [7, 11) is 0. The van der Waals surface area contributed by atoms with Gasteiger partial charge in [0.2, 0.25) is 17.7 Å². The van der Waals surface area contributed by atoms with Crippen LogP contribution in [0.4, 0.5) is 0 Å². The molecule has 0 aliphatic carbocycles. The standard InChI is InChI=1S/C21H26N4O4S/c1-12-19(30-11-23-12)16-6-4-15(5-7-16)9-22-20(28)18-8-17(27)10-25(18)21(29)13(2)24-14(3)26/h4-7,11,13,17-18,27H,8-10H2,1-3H3,(H,22,28)(H,24,26)/t13-,17+,18-/m0/s1. The third-order valence-corrected chi connectivity index (χ3v) is 6.06. The van der Waals surface area contributed by atoms with Gasteiger partial charge in [-0.3, -0.25) is 14.4 Å². The monoisotopic (exact) mass is 430 g/mol. The van der Waals surface area contributed by atoms with Gasteiger partial charge in [0, 0.05) is 26.4 Å². The van der Waals surface area contributed by atoms with Crippen LogP contribution in [0, 0.1) is 6.92 Å². The van der Waals surface area contributed by atoms with Crippen LogP contribution >= 0.6 is 11.3 Å². The van der Waals surface area contributed by atoms with Crippen molar-refractivity contribution >= 4 is 29.1 Å². The van der Waals surface area contributed by atoms with E-state index in [1.807, 2.05) is 36.7 Å². The smallest absolute Gasteiger partial charge is 0.245 e. The summed E-state index contributed by atoms with van der Waals surface area (Å²) >= 11 is 1.58. The summed E-state index contributed by atoms with van der Waals surface area (Å²) in [6.07, 6.45) is -0.593. The Morgan fingerprint density at radius 1 is 1.30 bits per heavy atom. The van der Waals surface area contributed by atoms with Crippen molar-refractivity contribution in [3.8, 4) is 10.4 Å². The number of aromatic nitrogens is 1. The van der Waals surface area contributed by atoms with E-state index in [1.165, 1.54) is 11.8 Å². The molecule has 1 aliphatic rings. The summed E-state index contributed by atoms with van der Waals surface area (Å²) in [4.78, 5) is 43.3. The molecular weight excluding hydrogens is 404 g/mol. The van der Waals surface area contributed by atoms with Gasteiger partial charge in [0.1, 0.15) is 12.1 Å². The number of likely N-dealkylation sites (tertiary alicyclic amines) is 1. The fourth-order valence-electron chi connectivity index (χ4n) is 3.58. The first-order valence-electron chi connectivity index (χ1n) is 9.79. The molecule has 1 saturated heterocycles. The maximum absolute atomic E-state index is 12.7. The average molecular weight is 431 g/mol. The van der Waals surface area contributed by atoms with Gasteiger partial charge in [0.15, 0.2) is 0 Å². The Morgan fingerprint density at radius 3 is 2.60 bits per heavy atom. The fraction of sp³-hybridized carbons (Fsp3) is 0.429. The Kier molecular flexibility index (Phi) is 6.84. The highest BCUT2D eigenvalue weighted by atomic mass is 32.1. The number of hydrogen-bond acceptors (Lipinski definition) is 6. The van der Waals surface area contributed by atoms with Gasteiger partial charge in [0.05, 0.1) is 22.2 Å². The summed E-state index contributed by atoms with van der Waals surface area (Å²) < 4.78 is 0. The lowest BCUT2D eigenvalue weighted by Gasteiger charge is -2.26. The van der Waals surface area contributed by atoms with E-state index in [0.717, 1.165) is 21.7 Å². The van der Waals surface area contributed by atoms with E-state index in [9.17, 15) is 19.5 Å². The zero-order valence-electron chi connectivity index (χ0n) is 17.2. The normalized spacial score (nSPS) is 19.4. The maximum Gasteiger partial charge on any atom is 0.245 e. The van der Waals surface area contributed by atoms with Crippen molar-refractivity contribution in [1.82, 2.24) is 20.5 Å². The van der Waals surface area contributed by atoms with Crippen molar-refractivity contribution in [2.45, 2.75) is 51.9 Å². The minimum absolute atomic E-state index is 0.0732. The van der Waals surface area contributed by atoms with Gasteiger partial charge < -0.3 is 20.6 Å². The molecule has 3 amide bonds. The molecule has 3 N–H and O–H groups in total. The molecular formula is C21H26N4O4S. The molecule has 2 heterocycles. The van der Waals surface area contributed by atoms with Crippen LogP contribution in [0.15, 0.2) is 29.8 Å². The number of thiazole rings is 1. The maximum atomic E-state index is 12.7. The van der Waals surface area contributed by atoms with Crippen molar-refractivity contribution in [2.24, 2.45) is 0 Å². The highest BCUT2D eigenvalue weighted by Gasteiger charge is 2.40. The molecule has 0 radical (unpaired) electrons. The Morgan fingerprint density at radius 2 is 2.00 bits per heavy atom. The second-order valence-corrected chi connectivity index (χ2v) is 8.35. The van der Waals surface area contributed by atoms with Crippen LogP contribution in [-0.4, -0.2) is 57.4 Å². The number of aryl methyl sites for hydroxylation is 1. The first-order valence-corrected chi connectivity index (χ1v) is 10.7. The topological polar surface area (TPSA) is 112 Å². The number of benzene rings is 1. The first-order chi connectivity index (χ1) is 14.3. The summed E-state index contributed by atoms with van der Waals surface area (Å²) in [6.45, 7) is 5.25. The Balaban J connectivity index is 1.61. The predicted octanol–water partition coefficient (Wildman–Crippen LogP) is 1.22. The van der Waals surface area contributed by atoms with Gasteiger partial charge >= 0.3 is 0 Å². The number of rotatable bonds is 6. The molecule has 8 nitrogen and oxygen atoms in total. The summed E-state index contributed by atoms with van der Waals surface area (Å²) in [5.74, 6) is -1.03. The number of β-amino-alcohol motifs (C(OH)–C–C–N with tert-alkyl or cyclic N) is 1. The van der Waals surface area contributed by atoms with E-state index in [-0.39, 0.29) is 30.7 Å². The molecule has 0 spiro atoms. The van der Waals surface area contributed by atoms with Crippen molar-refractivity contribution in [1.29, 1.82) is 0 Å². The fourth-order valence-corrected chi connectivity index (χ4v) is 4.39. The van der Waals surface area contributed by atoms with Gasteiger partial charge in [-0.1, -0.05) is 24.3 Å². The van der Waals surface area contributed by atoms with Crippen LogP contribution in [0.3, 0.4) is 0 Å².